The van der Waals surface area contributed by atoms with Crippen molar-refractivity contribution in [2.75, 3.05) is 25.0 Å². The van der Waals surface area contributed by atoms with E-state index < -0.39 is 11.9 Å². The number of nitrogens with zero attached hydrogens (tertiary/aromatic N) is 6. The average molecular weight is 639 g/mol. The second kappa shape index (κ2) is 13.2. The molecule has 2 aliphatic rings. The first kappa shape index (κ1) is 31.9. The molecule has 1 aromatic carbocycles. The minimum absolute atomic E-state index is 0.120. The molecule has 240 valence electrons. The van der Waals surface area contributed by atoms with Gasteiger partial charge in [0.2, 0.25) is 5.91 Å². The summed E-state index contributed by atoms with van der Waals surface area (Å²) in [6.45, 7) is 3.00. The summed E-state index contributed by atoms with van der Waals surface area (Å²) >= 11 is 0. The maximum absolute atomic E-state index is 13.7. The van der Waals surface area contributed by atoms with E-state index in [-0.39, 0.29) is 60.1 Å². The van der Waals surface area contributed by atoms with Crippen molar-refractivity contribution in [2.45, 2.75) is 32.1 Å². The lowest BCUT2D eigenvalue weighted by Crippen LogP contribution is -2.40. The Morgan fingerprint density at radius 2 is 1.98 bits per heavy atom. The SMILES string of the molecule is CCc1cc(Nc2nccn3c(-c4cn(CC#N)nc4C(F)(F)F)cnc23)ccc1C(=O)NCC(=O)NC1C2CNCC21.O=CO. The molecule has 4 heterocycles. The van der Waals surface area contributed by atoms with E-state index in [9.17, 15) is 22.8 Å². The van der Waals surface area contributed by atoms with Crippen LogP contribution in [0.3, 0.4) is 0 Å². The number of anilines is 2. The standard InChI is InChI=1S/C28H27F3N10O2.CH2O2/c1-2-15-9-16(3-4-17(15)27(43)36-13-22(42)38-23-18-10-33-11-19(18)23)37-25-26-35-12-21(41(26)8-6-34-25)20-14-40(7-5-32)39-24(20)28(29,30)31;2-1-3/h3-4,6,8-9,12,14,18-19,23,33H,2,7,10-11,13H2,1H3,(H,34,37)(H,36,43)(H,38,42);1H,(H,2,3). The molecule has 2 amide bonds. The summed E-state index contributed by atoms with van der Waals surface area (Å²) in [6, 6.07) is 7.06. The first-order valence-corrected chi connectivity index (χ1v) is 14.2. The number of amides is 2. The molecule has 0 radical (unpaired) electrons. The lowest BCUT2D eigenvalue weighted by atomic mass is 10.0. The van der Waals surface area contributed by atoms with Gasteiger partial charge in [-0.15, -0.1) is 0 Å². The molecule has 0 bridgehead atoms. The maximum atomic E-state index is 13.7. The third-order valence-electron chi connectivity index (χ3n) is 7.79. The van der Waals surface area contributed by atoms with Gasteiger partial charge < -0.3 is 26.4 Å². The van der Waals surface area contributed by atoms with Gasteiger partial charge in [-0.3, -0.25) is 23.5 Å². The number of carbonyl (C=O) groups excluding carboxylic acids is 2. The minimum atomic E-state index is -4.74. The zero-order valence-electron chi connectivity index (χ0n) is 24.4. The van der Waals surface area contributed by atoms with E-state index in [1.54, 1.807) is 24.3 Å². The fourth-order valence-corrected chi connectivity index (χ4v) is 5.63. The van der Waals surface area contributed by atoms with Crippen LogP contribution in [0.2, 0.25) is 0 Å². The molecular weight excluding hydrogens is 609 g/mol. The number of piperidine rings is 1. The van der Waals surface area contributed by atoms with E-state index in [4.69, 9.17) is 15.2 Å². The van der Waals surface area contributed by atoms with E-state index in [1.807, 2.05) is 6.92 Å². The summed E-state index contributed by atoms with van der Waals surface area (Å²) in [4.78, 5) is 42.2. The highest BCUT2D eigenvalue weighted by atomic mass is 19.4. The number of benzene rings is 1. The van der Waals surface area contributed by atoms with Crippen LogP contribution in [0, 0.1) is 23.2 Å². The van der Waals surface area contributed by atoms with Gasteiger partial charge in [-0.1, -0.05) is 6.92 Å². The van der Waals surface area contributed by atoms with Crippen molar-refractivity contribution in [3.63, 3.8) is 0 Å². The number of hydrogen-bond acceptors (Lipinski definition) is 9. The quantitative estimate of drug-likeness (QED) is 0.170. The molecule has 2 unspecified atom stereocenters. The summed E-state index contributed by atoms with van der Waals surface area (Å²) in [6.07, 6.45) is 1.15. The van der Waals surface area contributed by atoms with Crippen molar-refractivity contribution in [1.82, 2.24) is 40.1 Å². The summed E-state index contributed by atoms with van der Waals surface area (Å²) in [5.41, 5.74) is 0.786. The van der Waals surface area contributed by atoms with Gasteiger partial charge in [-0.2, -0.15) is 23.5 Å². The van der Waals surface area contributed by atoms with Gasteiger partial charge in [0.05, 0.1) is 30.1 Å². The van der Waals surface area contributed by atoms with E-state index in [0.29, 0.717) is 29.5 Å². The molecule has 14 nitrogen and oxygen atoms in total. The Hall–Kier alpha value is -5.50. The van der Waals surface area contributed by atoms with E-state index in [0.717, 1.165) is 23.3 Å². The Labute approximate surface area is 259 Å². The number of aryl methyl sites for hydroxylation is 1. The molecule has 2 fully saturated rings. The van der Waals surface area contributed by atoms with Crippen molar-refractivity contribution in [2.24, 2.45) is 11.8 Å². The molecule has 46 heavy (non-hydrogen) atoms. The number of carbonyl (C=O) groups is 3. The Morgan fingerprint density at radius 3 is 2.65 bits per heavy atom. The first-order valence-electron chi connectivity index (χ1n) is 14.2. The Morgan fingerprint density at radius 1 is 1.24 bits per heavy atom. The zero-order valence-corrected chi connectivity index (χ0v) is 24.4. The Bertz CT molecular complexity index is 1800. The predicted molar refractivity (Wildman–Crippen MR) is 157 cm³/mol. The molecule has 2 atom stereocenters. The van der Waals surface area contributed by atoms with Gasteiger partial charge in [0.15, 0.2) is 17.2 Å². The van der Waals surface area contributed by atoms with Crippen LogP contribution in [0.25, 0.3) is 16.9 Å². The van der Waals surface area contributed by atoms with Crippen molar-refractivity contribution in [1.29, 1.82) is 5.26 Å². The zero-order chi connectivity index (χ0) is 33.0. The Balaban J connectivity index is 0.00000134. The van der Waals surface area contributed by atoms with Crippen molar-refractivity contribution in [3.05, 3.63) is 59.8 Å². The van der Waals surface area contributed by atoms with Crippen LogP contribution in [0.15, 0.2) is 43.0 Å². The molecule has 4 aromatic rings. The molecule has 17 heteroatoms. The number of imidazole rings is 1. The number of alkyl halides is 3. The average Bonchev–Trinajstić information content (AvgIpc) is 3.49. The number of carboxylic acid groups (broad SMARTS) is 1. The number of hydrogen-bond donors (Lipinski definition) is 5. The van der Waals surface area contributed by atoms with Crippen LogP contribution < -0.4 is 21.3 Å². The fraction of sp³-hybridized carbons (Fsp3) is 0.345. The number of fused-ring (bicyclic) bond motifs is 2. The summed E-state index contributed by atoms with van der Waals surface area (Å²) in [5.74, 6) is 0.647. The topological polar surface area (TPSA) is 191 Å². The summed E-state index contributed by atoms with van der Waals surface area (Å²) in [7, 11) is 0. The maximum Gasteiger partial charge on any atom is 0.435 e. The number of aromatic nitrogens is 5. The monoisotopic (exact) mass is 638 g/mol. The third-order valence-corrected chi connectivity index (χ3v) is 7.79. The summed E-state index contributed by atoms with van der Waals surface area (Å²) in [5, 5.41) is 31.5. The molecule has 0 spiro atoms. The van der Waals surface area contributed by atoms with Crippen LogP contribution in [0.4, 0.5) is 24.7 Å². The smallest absolute Gasteiger partial charge is 0.435 e. The fourth-order valence-electron chi connectivity index (χ4n) is 5.63. The highest BCUT2D eigenvalue weighted by Gasteiger charge is 2.53. The lowest BCUT2D eigenvalue weighted by Gasteiger charge is -2.13. The van der Waals surface area contributed by atoms with Crippen LogP contribution in [-0.2, 0) is 28.7 Å². The lowest BCUT2D eigenvalue weighted by molar-refractivity contribution is -0.141. The predicted octanol–water partition coefficient (Wildman–Crippen LogP) is 2.21. The Kier molecular flexibility index (Phi) is 9.18. The van der Waals surface area contributed by atoms with E-state index >= 15 is 0 Å². The van der Waals surface area contributed by atoms with Crippen molar-refractivity contribution in [3.8, 4) is 17.3 Å². The molecule has 1 saturated heterocycles. The third kappa shape index (κ3) is 6.61. The minimum Gasteiger partial charge on any atom is -0.483 e. The van der Waals surface area contributed by atoms with Crippen molar-refractivity contribution >= 4 is 35.4 Å². The van der Waals surface area contributed by atoms with Gasteiger partial charge >= 0.3 is 6.18 Å². The van der Waals surface area contributed by atoms with Crippen molar-refractivity contribution < 1.29 is 32.7 Å². The van der Waals surface area contributed by atoms with Crippen LogP contribution in [0.1, 0.15) is 28.5 Å². The summed E-state index contributed by atoms with van der Waals surface area (Å²) < 4.78 is 43.6. The van der Waals surface area contributed by atoms with Gasteiger partial charge in [0, 0.05) is 49.0 Å². The molecular formula is C29H29F3N10O4. The number of halogens is 3. The van der Waals surface area contributed by atoms with E-state index in [1.165, 1.54) is 29.2 Å². The highest BCUT2D eigenvalue weighted by molar-refractivity contribution is 5.98. The largest absolute Gasteiger partial charge is 0.483 e. The van der Waals surface area contributed by atoms with Gasteiger partial charge in [0.1, 0.15) is 6.54 Å². The molecule has 6 rings (SSSR count). The van der Waals surface area contributed by atoms with Gasteiger partial charge in [-0.05, 0) is 42.0 Å². The van der Waals surface area contributed by atoms with Crippen LogP contribution >= 0.6 is 0 Å². The second-order valence-corrected chi connectivity index (χ2v) is 10.6. The normalized spacial score (nSPS) is 18.1. The first-order chi connectivity index (χ1) is 22.1. The van der Waals surface area contributed by atoms with E-state index in [2.05, 4.69) is 36.3 Å². The number of nitriles is 1. The van der Waals surface area contributed by atoms with Gasteiger partial charge in [-0.25, -0.2) is 9.97 Å². The van der Waals surface area contributed by atoms with Crippen LogP contribution in [-0.4, -0.2) is 73.2 Å². The number of nitrogens with one attached hydrogen (secondary N) is 4. The number of rotatable bonds is 9. The molecule has 1 aliphatic carbocycles. The molecule has 3 aromatic heterocycles. The van der Waals surface area contributed by atoms with Crippen LogP contribution in [0.5, 0.6) is 0 Å². The van der Waals surface area contributed by atoms with Gasteiger partial charge in [0.25, 0.3) is 12.4 Å². The molecule has 1 saturated carbocycles. The second-order valence-electron chi connectivity index (χ2n) is 10.6. The molecule has 1 aliphatic heterocycles. The molecule has 5 N–H and O–H groups in total. The highest BCUT2D eigenvalue weighted by Crippen LogP contribution is 2.41.